The van der Waals surface area contributed by atoms with E-state index in [0.717, 1.165) is 16.3 Å². The van der Waals surface area contributed by atoms with E-state index in [1.807, 2.05) is 0 Å². The second-order valence-corrected chi connectivity index (χ2v) is 6.21. The molecule has 0 bridgehead atoms. The molecule has 4 aromatic rings. The van der Waals surface area contributed by atoms with Crippen molar-refractivity contribution in [2.24, 2.45) is 0 Å². The van der Waals surface area contributed by atoms with Gasteiger partial charge < -0.3 is 5.32 Å². The summed E-state index contributed by atoms with van der Waals surface area (Å²) in [4.78, 5) is 4.66. The van der Waals surface area contributed by atoms with Gasteiger partial charge in [0.25, 0.3) is 0 Å². The SMILES string of the molecule is Cc1ccc2sc(Nc3ccc4ccccc4c3)nc2c1. The fraction of sp³-hybridized carbons (Fsp3) is 0.0556. The van der Waals surface area contributed by atoms with Gasteiger partial charge in [-0.3, -0.25) is 0 Å². The number of hydrogen-bond acceptors (Lipinski definition) is 3. The van der Waals surface area contributed by atoms with Crippen molar-refractivity contribution < 1.29 is 0 Å². The number of aryl methyl sites for hydroxylation is 1. The highest BCUT2D eigenvalue weighted by molar-refractivity contribution is 7.22. The zero-order valence-corrected chi connectivity index (χ0v) is 12.4. The van der Waals surface area contributed by atoms with Crippen molar-refractivity contribution in [2.45, 2.75) is 6.92 Å². The maximum atomic E-state index is 4.66. The number of anilines is 2. The Kier molecular flexibility index (Phi) is 2.86. The number of nitrogens with one attached hydrogen (secondary N) is 1. The molecule has 4 rings (SSSR count). The third-order valence-electron chi connectivity index (χ3n) is 3.54. The van der Waals surface area contributed by atoms with Gasteiger partial charge in [0, 0.05) is 5.69 Å². The van der Waals surface area contributed by atoms with Crippen LogP contribution < -0.4 is 5.32 Å². The largest absolute Gasteiger partial charge is 0.332 e. The van der Waals surface area contributed by atoms with Crippen LogP contribution in [0.4, 0.5) is 10.8 Å². The smallest absolute Gasteiger partial charge is 0.188 e. The molecule has 0 spiro atoms. The number of hydrogen-bond donors (Lipinski definition) is 1. The van der Waals surface area contributed by atoms with Gasteiger partial charge >= 0.3 is 0 Å². The summed E-state index contributed by atoms with van der Waals surface area (Å²) in [7, 11) is 0. The van der Waals surface area contributed by atoms with Crippen LogP contribution in [-0.4, -0.2) is 4.98 Å². The number of aromatic nitrogens is 1. The molecule has 0 aliphatic heterocycles. The van der Waals surface area contributed by atoms with Gasteiger partial charge in [0.2, 0.25) is 0 Å². The van der Waals surface area contributed by atoms with Crippen LogP contribution in [0.3, 0.4) is 0 Å². The predicted molar refractivity (Wildman–Crippen MR) is 91.6 cm³/mol. The molecule has 3 aromatic carbocycles. The summed E-state index contributed by atoms with van der Waals surface area (Å²) in [6.07, 6.45) is 0. The first-order chi connectivity index (χ1) is 10.3. The number of rotatable bonds is 2. The van der Waals surface area contributed by atoms with Gasteiger partial charge in [0.1, 0.15) is 0 Å². The minimum Gasteiger partial charge on any atom is -0.332 e. The summed E-state index contributed by atoms with van der Waals surface area (Å²) in [6.45, 7) is 2.09. The van der Waals surface area contributed by atoms with E-state index < -0.39 is 0 Å². The summed E-state index contributed by atoms with van der Waals surface area (Å²) in [5.74, 6) is 0. The molecule has 102 valence electrons. The van der Waals surface area contributed by atoms with E-state index in [1.54, 1.807) is 11.3 Å². The third-order valence-corrected chi connectivity index (χ3v) is 4.50. The topological polar surface area (TPSA) is 24.9 Å². The average Bonchev–Trinajstić information content (AvgIpc) is 2.88. The molecular weight excluding hydrogens is 276 g/mol. The van der Waals surface area contributed by atoms with Crippen molar-refractivity contribution in [3.05, 3.63) is 66.2 Å². The Labute approximate surface area is 127 Å². The summed E-state index contributed by atoms with van der Waals surface area (Å²) in [5.41, 5.74) is 3.37. The number of thiazole rings is 1. The zero-order chi connectivity index (χ0) is 14.2. The highest BCUT2D eigenvalue weighted by atomic mass is 32.1. The lowest BCUT2D eigenvalue weighted by Crippen LogP contribution is -1.88. The Morgan fingerprint density at radius 2 is 1.76 bits per heavy atom. The molecule has 0 atom stereocenters. The number of nitrogens with zero attached hydrogens (tertiary/aromatic N) is 1. The molecule has 0 aliphatic carbocycles. The first-order valence-electron chi connectivity index (χ1n) is 6.91. The summed E-state index contributed by atoms with van der Waals surface area (Å²) < 4.78 is 1.21. The Hall–Kier alpha value is -2.39. The first kappa shape index (κ1) is 12.4. The molecule has 3 heteroatoms. The van der Waals surface area contributed by atoms with Gasteiger partial charge in [0.15, 0.2) is 5.13 Å². The molecule has 0 radical (unpaired) electrons. The molecule has 21 heavy (non-hydrogen) atoms. The molecule has 0 aliphatic rings. The van der Waals surface area contributed by atoms with Gasteiger partial charge in [-0.1, -0.05) is 47.7 Å². The van der Waals surface area contributed by atoms with E-state index >= 15 is 0 Å². The molecule has 0 saturated carbocycles. The van der Waals surface area contributed by atoms with Crippen molar-refractivity contribution in [1.29, 1.82) is 0 Å². The maximum absolute atomic E-state index is 4.66. The fourth-order valence-corrected chi connectivity index (χ4v) is 3.35. The van der Waals surface area contributed by atoms with Crippen molar-refractivity contribution in [1.82, 2.24) is 4.98 Å². The van der Waals surface area contributed by atoms with Gasteiger partial charge in [-0.05, 0) is 47.5 Å². The van der Waals surface area contributed by atoms with Crippen molar-refractivity contribution >= 4 is 43.1 Å². The second kappa shape index (κ2) is 4.86. The lowest BCUT2D eigenvalue weighted by Gasteiger charge is -2.04. The molecule has 0 saturated heterocycles. The Morgan fingerprint density at radius 1 is 0.905 bits per heavy atom. The van der Waals surface area contributed by atoms with Gasteiger partial charge in [-0.2, -0.15) is 0 Å². The molecular formula is C18H14N2S. The minimum absolute atomic E-state index is 0.936. The lowest BCUT2D eigenvalue weighted by molar-refractivity contribution is 1.42. The normalized spacial score (nSPS) is 11.1. The van der Waals surface area contributed by atoms with Gasteiger partial charge in [-0.15, -0.1) is 0 Å². The minimum atomic E-state index is 0.936. The monoisotopic (exact) mass is 290 g/mol. The van der Waals surface area contributed by atoms with E-state index in [1.165, 1.54) is 21.0 Å². The molecule has 0 unspecified atom stereocenters. The van der Waals surface area contributed by atoms with Gasteiger partial charge in [-0.25, -0.2) is 4.98 Å². The van der Waals surface area contributed by atoms with Crippen molar-refractivity contribution in [2.75, 3.05) is 5.32 Å². The molecule has 1 aromatic heterocycles. The zero-order valence-electron chi connectivity index (χ0n) is 11.6. The Morgan fingerprint density at radius 3 is 2.67 bits per heavy atom. The van der Waals surface area contributed by atoms with E-state index in [0.29, 0.717) is 0 Å². The van der Waals surface area contributed by atoms with Crippen molar-refractivity contribution in [3.63, 3.8) is 0 Å². The van der Waals surface area contributed by atoms with E-state index in [9.17, 15) is 0 Å². The van der Waals surface area contributed by atoms with Crippen molar-refractivity contribution in [3.8, 4) is 0 Å². The third kappa shape index (κ3) is 2.36. The van der Waals surface area contributed by atoms with E-state index in [4.69, 9.17) is 0 Å². The Bertz CT molecular complexity index is 940. The van der Waals surface area contributed by atoms with Crippen LogP contribution in [0.5, 0.6) is 0 Å². The molecule has 0 fully saturated rings. The van der Waals surface area contributed by atoms with E-state index in [-0.39, 0.29) is 0 Å². The standard InChI is InChI=1S/C18H14N2S/c1-12-6-9-17-16(10-12)20-18(21-17)19-15-8-7-13-4-2-3-5-14(13)11-15/h2-11H,1H3,(H,19,20). The molecule has 2 nitrogen and oxygen atoms in total. The van der Waals surface area contributed by atoms with E-state index in [2.05, 4.69) is 77.9 Å². The second-order valence-electron chi connectivity index (χ2n) is 5.18. The van der Waals surface area contributed by atoms with Crippen LogP contribution in [0.25, 0.3) is 21.0 Å². The molecule has 1 N–H and O–H groups in total. The lowest BCUT2D eigenvalue weighted by atomic mass is 10.1. The molecule has 0 amide bonds. The molecule has 1 heterocycles. The average molecular weight is 290 g/mol. The van der Waals surface area contributed by atoms with Gasteiger partial charge in [0.05, 0.1) is 10.2 Å². The highest BCUT2D eigenvalue weighted by Crippen LogP contribution is 2.29. The number of benzene rings is 3. The van der Waals surface area contributed by atoms with Crippen LogP contribution in [0.15, 0.2) is 60.7 Å². The van der Waals surface area contributed by atoms with Crippen LogP contribution >= 0.6 is 11.3 Å². The summed E-state index contributed by atoms with van der Waals surface area (Å²) >= 11 is 1.68. The first-order valence-corrected chi connectivity index (χ1v) is 7.73. The summed E-state index contributed by atoms with van der Waals surface area (Å²) in [5, 5.41) is 6.84. The summed E-state index contributed by atoms with van der Waals surface area (Å²) in [6, 6.07) is 21.1. The van der Waals surface area contributed by atoms with Crippen LogP contribution in [0.2, 0.25) is 0 Å². The predicted octanol–water partition coefficient (Wildman–Crippen LogP) is 5.50. The fourth-order valence-electron chi connectivity index (χ4n) is 2.48. The highest BCUT2D eigenvalue weighted by Gasteiger charge is 2.04. The van der Waals surface area contributed by atoms with Crippen LogP contribution in [0.1, 0.15) is 5.56 Å². The van der Waals surface area contributed by atoms with Crippen LogP contribution in [0, 0.1) is 6.92 Å². The maximum Gasteiger partial charge on any atom is 0.188 e. The number of fused-ring (bicyclic) bond motifs is 2. The Balaban J connectivity index is 1.71. The van der Waals surface area contributed by atoms with Crippen LogP contribution in [-0.2, 0) is 0 Å². The quantitative estimate of drug-likeness (QED) is 0.527.